The minimum atomic E-state index is -0.495. The number of anilines is 1. The zero-order valence-corrected chi connectivity index (χ0v) is 15.7. The lowest BCUT2D eigenvalue weighted by Gasteiger charge is -2.03. The van der Waals surface area contributed by atoms with Crippen molar-refractivity contribution in [3.8, 4) is 11.5 Å². The third kappa shape index (κ3) is 3.58. The number of methoxy groups -OCH3 is 1. The Morgan fingerprint density at radius 3 is 2.93 bits per heavy atom. The zero-order valence-electron chi connectivity index (χ0n) is 14.8. The fourth-order valence-corrected chi connectivity index (χ4v) is 3.66. The van der Waals surface area contributed by atoms with E-state index in [2.05, 4.69) is 20.8 Å². The SMILES string of the molecule is COc1cc(/C=N/NC(=O)Nc2nc3c(ccc4ccccc43)s2)ccc1O. The molecular formula is C20H16N4O3S. The number of rotatable bonds is 4. The number of urea groups is 1. The molecule has 0 aliphatic heterocycles. The summed E-state index contributed by atoms with van der Waals surface area (Å²) in [5, 5.41) is 18.8. The lowest BCUT2D eigenvalue weighted by atomic mass is 10.1. The van der Waals surface area contributed by atoms with Gasteiger partial charge < -0.3 is 9.84 Å². The van der Waals surface area contributed by atoms with E-state index in [1.165, 1.54) is 30.7 Å². The molecule has 0 spiro atoms. The van der Waals surface area contributed by atoms with Crippen LogP contribution >= 0.6 is 11.3 Å². The smallest absolute Gasteiger partial charge is 0.341 e. The van der Waals surface area contributed by atoms with Gasteiger partial charge in [0.2, 0.25) is 0 Å². The predicted molar refractivity (Wildman–Crippen MR) is 112 cm³/mol. The minimum Gasteiger partial charge on any atom is -0.504 e. The van der Waals surface area contributed by atoms with Gasteiger partial charge in [-0.3, -0.25) is 5.32 Å². The molecule has 0 aliphatic rings. The van der Waals surface area contributed by atoms with Gasteiger partial charge in [0, 0.05) is 5.39 Å². The van der Waals surface area contributed by atoms with Gasteiger partial charge in [0.15, 0.2) is 16.6 Å². The molecule has 0 saturated heterocycles. The quantitative estimate of drug-likeness (QED) is 0.356. The highest BCUT2D eigenvalue weighted by molar-refractivity contribution is 7.22. The van der Waals surface area contributed by atoms with E-state index in [1.54, 1.807) is 12.1 Å². The Morgan fingerprint density at radius 1 is 1.21 bits per heavy atom. The Hall–Kier alpha value is -3.65. The number of fused-ring (bicyclic) bond motifs is 3. The molecule has 8 heteroatoms. The first-order valence-corrected chi connectivity index (χ1v) is 9.21. The Bertz CT molecular complexity index is 1200. The fourth-order valence-electron chi connectivity index (χ4n) is 2.78. The largest absolute Gasteiger partial charge is 0.504 e. The van der Waals surface area contributed by atoms with Gasteiger partial charge in [-0.25, -0.2) is 15.2 Å². The third-order valence-electron chi connectivity index (χ3n) is 4.09. The van der Waals surface area contributed by atoms with Gasteiger partial charge in [-0.05, 0) is 35.2 Å². The first-order valence-electron chi connectivity index (χ1n) is 8.39. The lowest BCUT2D eigenvalue weighted by Crippen LogP contribution is -2.24. The molecule has 4 rings (SSSR count). The van der Waals surface area contributed by atoms with E-state index in [1.807, 2.05) is 36.4 Å². The van der Waals surface area contributed by atoms with Crippen LogP contribution in [-0.4, -0.2) is 29.4 Å². The molecule has 3 aromatic carbocycles. The molecule has 2 amide bonds. The molecule has 0 unspecified atom stereocenters. The highest BCUT2D eigenvalue weighted by atomic mass is 32.1. The number of hydrogen-bond donors (Lipinski definition) is 3. The molecule has 0 bridgehead atoms. The summed E-state index contributed by atoms with van der Waals surface area (Å²) >= 11 is 1.40. The van der Waals surface area contributed by atoms with Crippen LogP contribution in [0, 0.1) is 0 Å². The molecule has 0 saturated carbocycles. The molecule has 7 nitrogen and oxygen atoms in total. The summed E-state index contributed by atoms with van der Waals surface area (Å²) < 4.78 is 6.03. The highest BCUT2D eigenvalue weighted by Crippen LogP contribution is 2.31. The number of aromatic hydroxyl groups is 1. The molecule has 4 aromatic rings. The summed E-state index contributed by atoms with van der Waals surface area (Å²) in [4.78, 5) is 16.6. The van der Waals surface area contributed by atoms with Crippen LogP contribution < -0.4 is 15.5 Å². The van der Waals surface area contributed by atoms with Gasteiger partial charge in [0.05, 0.1) is 23.5 Å². The average molecular weight is 392 g/mol. The van der Waals surface area contributed by atoms with Crippen LogP contribution in [0.15, 0.2) is 59.7 Å². The van der Waals surface area contributed by atoms with Crippen molar-refractivity contribution in [3.63, 3.8) is 0 Å². The lowest BCUT2D eigenvalue weighted by molar-refractivity contribution is 0.252. The van der Waals surface area contributed by atoms with E-state index in [9.17, 15) is 9.90 Å². The van der Waals surface area contributed by atoms with Crippen molar-refractivity contribution in [2.24, 2.45) is 5.10 Å². The van der Waals surface area contributed by atoms with Crippen molar-refractivity contribution >= 4 is 49.7 Å². The first kappa shape index (κ1) is 17.7. The predicted octanol–water partition coefficient (Wildman–Crippen LogP) is 4.32. The number of phenols is 1. The molecule has 0 radical (unpaired) electrons. The topological polar surface area (TPSA) is 95.8 Å². The van der Waals surface area contributed by atoms with Crippen LogP contribution in [0.2, 0.25) is 0 Å². The number of carbonyl (C=O) groups is 1. The summed E-state index contributed by atoms with van der Waals surface area (Å²) in [6.07, 6.45) is 1.45. The maximum Gasteiger partial charge on any atom is 0.341 e. The summed E-state index contributed by atoms with van der Waals surface area (Å²) in [5.41, 5.74) is 3.92. The minimum absolute atomic E-state index is 0.0358. The number of hydrogen-bond acceptors (Lipinski definition) is 6. The van der Waals surface area contributed by atoms with Crippen molar-refractivity contribution in [3.05, 3.63) is 60.2 Å². The summed E-state index contributed by atoms with van der Waals surface area (Å²) in [6.45, 7) is 0. The second kappa shape index (κ2) is 7.53. The van der Waals surface area contributed by atoms with Crippen LogP contribution in [-0.2, 0) is 0 Å². The fraction of sp³-hybridized carbons (Fsp3) is 0.0500. The van der Waals surface area contributed by atoms with Gasteiger partial charge in [0.25, 0.3) is 0 Å². The first-order chi connectivity index (χ1) is 13.6. The Balaban J connectivity index is 1.46. The monoisotopic (exact) mass is 392 g/mol. The average Bonchev–Trinajstić information content (AvgIpc) is 3.12. The van der Waals surface area contributed by atoms with E-state index in [0.29, 0.717) is 16.4 Å². The normalized spacial score (nSPS) is 11.2. The van der Waals surface area contributed by atoms with Gasteiger partial charge in [-0.1, -0.05) is 41.7 Å². The third-order valence-corrected chi connectivity index (χ3v) is 5.02. The Morgan fingerprint density at radius 2 is 2.07 bits per heavy atom. The van der Waals surface area contributed by atoms with E-state index >= 15 is 0 Å². The van der Waals surface area contributed by atoms with Crippen LogP contribution in [0.4, 0.5) is 9.93 Å². The van der Waals surface area contributed by atoms with Crippen LogP contribution in [0.25, 0.3) is 21.0 Å². The summed E-state index contributed by atoms with van der Waals surface area (Å²) in [7, 11) is 1.46. The van der Waals surface area contributed by atoms with Crippen molar-refractivity contribution in [2.75, 3.05) is 12.4 Å². The number of benzene rings is 3. The van der Waals surface area contributed by atoms with Gasteiger partial charge in [-0.15, -0.1) is 0 Å². The number of thiazole rings is 1. The molecule has 3 N–H and O–H groups in total. The molecule has 140 valence electrons. The molecular weight excluding hydrogens is 376 g/mol. The summed E-state index contributed by atoms with van der Waals surface area (Å²) in [6, 6.07) is 16.3. The molecule has 0 fully saturated rings. The number of amides is 2. The number of nitrogens with one attached hydrogen (secondary N) is 2. The zero-order chi connectivity index (χ0) is 19.5. The van der Waals surface area contributed by atoms with Crippen LogP contribution in [0.5, 0.6) is 11.5 Å². The van der Waals surface area contributed by atoms with Gasteiger partial charge in [0.1, 0.15) is 0 Å². The Labute approximate surface area is 164 Å². The van der Waals surface area contributed by atoms with E-state index in [-0.39, 0.29) is 5.75 Å². The summed E-state index contributed by atoms with van der Waals surface area (Å²) in [5.74, 6) is 0.365. The van der Waals surface area contributed by atoms with Gasteiger partial charge >= 0.3 is 6.03 Å². The second-order valence-corrected chi connectivity index (χ2v) is 6.94. The van der Waals surface area contributed by atoms with Crippen molar-refractivity contribution < 1.29 is 14.6 Å². The van der Waals surface area contributed by atoms with E-state index < -0.39 is 6.03 Å². The molecule has 0 aliphatic carbocycles. The van der Waals surface area contributed by atoms with Crippen molar-refractivity contribution in [1.82, 2.24) is 10.4 Å². The van der Waals surface area contributed by atoms with Gasteiger partial charge in [-0.2, -0.15) is 5.10 Å². The van der Waals surface area contributed by atoms with Crippen molar-refractivity contribution in [2.45, 2.75) is 0 Å². The molecule has 1 aromatic heterocycles. The number of nitrogens with zero attached hydrogens (tertiary/aromatic N) is 2. The van der Waals surface area contributed by atoms with E-state index in [4.69, 9.17) is 4.74 Å². The van der Waals surface area contributed by atoms with E-state index in [0.717, 1.165) is 21.0 Å². The number of phenolic OH excluding ortho intramolecular Hbond substituents is 1. The van der Waals surface area contributed by atoms with Crippen molar-refractivity contribution in [1.29, 1.82) is 0 Å². The number of ether oxygens (including phenoxy) is 1. The Kier molecular flexibility index (Phi) is 4.77. The van der Waals surface area contributed by atoms with Crippen LogP contribution in [0.1, 0.15) is 5.56 Å². The second-order valence-electron chi connectivity index (χ2n) is 5.91. The number of carbonyl (C=O) groups excluding carboxylic acids is 1. The number of aromatic nitrogens is 1. The molecule has 28 heavy (non-hydrogen) atoms. The van der Waals surface area contributed by atoms with Crippen LogP contribution in [0.3, 0.4) is 0 Å². The maximum absolute atomic E-state index is 12.1. The highest BCUT2D eigenvalue weighted by Gasteiger charge is 2.09. The standard InChI is InChI=1S/C20H16N4O3S/c1-27-16-10-12(6-8-15(16)25)11-21-24-19(26)23-20-22-18-14-5-3-2-4-13(14)7-9-17(18)28-20/h2-11,25H,1H3,(H2,22,23,24,26)/b21-11+. The number of hydrazone groups is 1. The molecule has 0 atom stereocenters. The molecule has 1 heterocycles. The maximum atomic E-state index is 12.1.